The van der Waals surface area contributed by atoms with Crippen LogP contribution >= 0.6 is 11.6 Å². The van der Waals surface area contributed by atoms with Crippen molar-refractivity contribution in [2.24, 2.45) is 5.92 Å². The summed E-state index contributed by atoms with van der Waals surface area (Å²) in [5.74, 6) is -1.67. The van der Waals surface area contributed by atoms with Crippen molar-refractivity contribution in [3.63, 3.8) is 0 Å². The first-order valence-electron chi connectivity index (χ1n) is 9.10. The van der Waals surface area contributed by atoms with E-state index in [0.717, 1.165) is 5.56 Å². The summed E-state index contributed by atoms with van der Waals surface area (Å²) in [5.41, 5.74) is 1.23. The molecule has 1 atom stereocenters. The van der Waals surface area contributed by atoms with Gasteiger partial charge < -0.3 is 19.5 Å². The summed E-state index contributed by atoms with van der Waals surface area (Å²) >= 11 is 6.12. The lowest BCUT2D eigenvalue weighted by atomic mass is 10.0. The predicted octanol–water partition coefficient (Wildman–Crippen LogP) is 3.84. The number of rotatable bonds is 6. The van der Waals surface area contributed by atoms with Crippen molar-refractivity contribution in [2.75, 3.05) is 6.79 Å². The Bertz CT molecular complexity index is 918. The van der Waals surface area contributed by atoms with Gasteiger partial charge in [-0.2, -0.15) is 0 Å². The van der Waals surface area contributed by atoms with Gasteiger partial charge in [0, 0.05) is 16.1 Å². The summed E-state index contributed by atoms with van der Waals surface area (Å²) in [6, 6.07) is 8.01. The average molecular weight is 422 g/mol. The first-order chi connectivity index (χ1) is 13.9. The molecule has 2 aromatic rings. The quantitative estimate of drug-likeness (QED) is 0.717. The highest BCUT2D eigenvalue weighted by molar-refractivity contribution is 6.30. The van der Waals surface area contributed by atoms with E-state index in [0.29, 0.717) is 22.9 Å². The summed E-state index contributed by atoms with van der Waals surface area (Å²) in [6.07, 6.45) is 0. The van der Waals surface area contributed by atoms with Crippen LogP contribution in [-0.4, -0.2) is 24.7 Å². The second-order valence-electron chi connectivity index (χ2n) is 6.95. The molecule has 1 aliphatic heterocycles. The number of halogens is 2. The third-order valence-electron chi connectivity index (χ3n) is 4.45. The molecular weight excluding hydrogens is 401 g/mol. The second kappa shape index (κ2) is 9.24. The molecule has 3 rings (SSSR count). The third kappa shape index (κ3) is 5.05. The van der Waals surface area contributed by atoms with Gasteiger partial charge in [-0.1, -0.05) is 37.6 Å². The fraction of sp³-hybridized carbons (Fsp3) is 0.333. The highest BCUT2D eigenvalue weighted by atomic mass is 35.5. The number of carbonyl (C=O) groups excluding carboxylic acids is 2. The van der Waals surface area contributed by atoms with Crippen LogP contribution < -0.4 is 10.1 Å². The number of hydrogen-bond donors (Lipinski definition) is 1. The Labute approximate surface area is 172 Å². The lowest BCUT2D eigenvalue weighted by molar-refractivity contribution is -0.148. The van der Waals surface area contributed by atoms with E-state index >= 15 is 0 Å². The molecule has 0 fully saturated rings. The lowest BCUT2D eigenvalue weighted by Gasteiger charge is -2.23. The van der Waals surface area contributed by atoms with E-state index in [9.17, 15) is 14.0 Å². The lowest BCUT2D eigenvalue weighted by Crippen LogP contribution is -2.45. The Morgan fingerprint density at radius 3 is 2.76 bits per heavy atom. The maximum Gasteiger partial charge on any atom is 0.329 e. The minimum absolute atomic E-state index is 0.0828. The van der Waals surface area contributed by atoms with Crippen LogP contribution in [-0.2, 0) is 27.5 Å². The van der Waals surface area contributed by atoms with Gasteiger partial charge in [0.15, 0.2) is 6.79 Å². The van der Waals surface area contributed by atoms with E-state index in [2.05, 4.69) is 5.32 Å². The number of amides is 1. The van der Waals surface area contributed by atoms with Crippen LogP contribution in [0.15, 0.2) is 36.4 Å². The molecule has 1 heterocycles. The molecule has 0 bridgehead atoms. The molecule has 1 aliphatic rings. The molecule has 8 heteroatoms. The number of nitrogens with one attached hydrogen (secondary N) is 1. The number of fused-ring (bicyclic) bond motifs is 1. The normalized spacial score (nSPS) is 14.0. The molecule has 0 radical (unpaired) electrons. The first-order valence-corrected chi connectivity index (χ1v) is 9.48. The van der Waals surface area contributed by atoms with Gasteiger partial charge in [-0.3, -0.25) is 4.79 Å². The highest BCUT2D eigenvalue weighted by Gasteiger charge is 2.28. The summed E-state index contributed by atoms with van der Waals surface area (Å²) in [5, 5.41) is 3.02. The topological polar surface area (TPSA) is 73.9 Å². The van der Waals surface area contributed by atoms with E-state index in [1.54, 1.807) is 32.0 Å². The zero-order valence-corrected chi connectivity index (χ0v) is 16.8. The fourth-order valence-corrected chi connectivity index (χ4v) is 3.23. The Morgan fingerprint density at radius 1 is 1.28 bits per heavy atom. The maximum absolute atomic E-state index is 13.8. The molecule has 0 saturated carbocycles. The molecule has 0 spiro atoms. The zero-order valence-electron chi connectivity index (χ0n) is 16.0. The van der Waals surface area contributed by atoms with Crippen LogP contribution in [0.25, 0.3) is 0 Å². The number of esters is 1. The molecule has 154 valence electrons. The number of carbonyl (C=O) groups is 2. The van der Waals surface area contributed by atoms with E-state index in [4.69, 9.17) is 25.8 Å². The molecule has 29 heavy (non-hydrogen) atoms. The molecule has 2 aromatic carbocycles. The van der Waals surface area contributed by atoms with Crippen LogP contribution in [0.3, 0.4) is 0 Å². The van der Waals surface area contributed by atoms with E-state index in [1.807, 2.05) is 0 Å². The molecule has 1 amide bonds. The molecule has 1 N–H and O–H groups in total. The third-order valence-corrected chi connectivity index (χ3v) is 4.67. The maximum atomic E-state index is 13.8. The van der Waals surface area contributed by atoms with Crippen molar-refractivity contribution in [1.29, 1.82) is 0 Å². The van der Waals surface area contributed by atoms with Gasteiger partial charge in [-0.15, -0.1) is 0 Å². The SMILES string of the molecule is CC(C)[C@H](NC(=O)c1ccccc1F)C(=O)OCc1cc(Cl)cc2c1OCOC2. The second-order valence-corrected chi connectivity index (χ2v) is 7.38. The Kier molecular flexibility index (Phi) is 6.71. The van der Waals surface area contributed by atoms with Crippen LogP contribution in [0.4, 0.5) is 4.39 Å². The minimum Gasteiger partial charge on any atom is -0.467 e. The zero-order chi connectivity index (χ0) is 21.0. The fourth-order valence-electron chi connectivity index (χ4n) is 2.96. The van der Waals surface area contributed by atoms with Crippen molar-refractivity contribution in [2.45, 2.75) is 33.1 Å². The van der Waals surface area contributed by atoms with Gasteiger partial charge in [0.2, 0.25) is 0 Å². The van der Waals surface area contributed by atoms with Gasteiger partial charge in [-0.25, -0.2) is 9.18 Å². The standard InChI is InChI=1S/C21H21ClFNO5/c1-12(2)18(24-20(25)16-5-3-4-6-17(16)23)21(26)28-10-14-8-15(22)7-13-9-27-11-29-19(13)14/h3-8,12,18H,9-11H2,1-2H3,(H,24,25)/t18-/m0/s1. The molecule has 0 unspecified atom stereocenters. The Morgan fingerprint density at radius 2 is 2.03 bits per heavy atom. The van der Waals surface area contributed by atoms with Crippen molar-refractivity contribution in [3.8, 4) is 5.75 Å². The minimum atomic E-state index is -0.943. The monoisotopic (exact) mass is 421 g/mol. The number of benzene rings is 2. The first kappa shape index (κ1) is 21.1. The van der Waals surface area contributed by atoms with Gasteiger partial charge >= 0.3 is 5.97 Å². The molecule has 0 aromatic heterocycles. The number of hydrogen-bond acceptors (Lipinski definition) is 5. The van der Waals surface area contributed by atoms with Crippen molar-refractivity contribution in [3.05, 3.63) is 63.9 Å². The summed E-state index contributed by atoms with van der Waals surface area (Å²) in [6.45, 7) is 3.89. The Balaban J connectivity index is 1.70. The van der Waals surface area contributed by atoms with E-state index < -0.39 is 23.7 Å². The summed E-state index contributed by atoms with van der Waals surface area (Å²) < 4.78 is 30.0. The van der Waals surface area contributed by atoms with Crippen molar-refractivity contribution in [1.82, 2.24) is 5.32 Å². The van der Waals surface area contributed by atoms with Gasteiger partial charge in [-0.05, 0) is 30.2 Å². The van der Waals surface area contributed by atoms with Crippen LogP contribution in [0.5, 0.6) is 5.75 Å². The van der Waals surface area contributed by atoms with Gasteiger partial charge in [0.25, 0.3) is 5.91 Å². The van der Waals surface area contributed by atoms with Crippen molar-refractivity contribution >= 4 is 23.5 Å². The summed E-state index contributed by atoms with van der Waals surface area (Å²) in [7, 11) is 0. The molecule has 0 aliphatic carbocycles. The molecule has 6 nitrogen and oxygen atoms in total. The van der Waals surface area contributed by atoms with E-state index in [-0.39, 0.29) is 24.9 Å². The Hall–Kier alpha value is -2.64. The predicted molar refractivity (Wildman–Crippen MR) is 104 cm³/mol. The van der Waals surface area contributed by atoms with Gasteiger partial charge in [0.05, 0.1) is 12.2 Å². The summed E-state index contributed by atoms with van der Waals surface area (Å²) in [4.78, 5) is 25.0. The van der Waals surface area contributed by atoms with Gasteiger partial charge in [0.1, 0.15) is 24.2 Å². The average Bonchev–Trinajstić information content (AvgIpc) is 2.69. The van der Waals surface area contributed by atoms with Crippen LogP contribution in [0.1, 0.15) is 35.3 Å². The van der Waals surface area contributed by atoms with Crippen LogP contribution in [0.2, 0.25) is 5.02 Å². The smallest absolute Gasteiger partial charge is 0.329 e. The molecule has 0 saturated heterocycles. The van der Waals surface area contributed by atoms with Crippen LogP contribution in [0, 0.1) is 11.7 Å². The number of ether oxygens (including phenoxy) is 3. The van der Waals surface area contributed by atoms with E-state index in [1.165, 1.54) is 18.2 Å². The molecular formula is C21H21ClFNO5. The largest absolute Gasteiger partial charge is 0.467 e. The van der Waals surface area contributed by atoms with Crippen molar-refractivity contribution < 1.29 is 28.2 Å². The highest BCUT2D eigenvalue weighted by Crippen LogP contribution is 2.32.